The average molecular weight is 433 g/mol. The molecule has 1 aliphatic rings. The minimum absolute atomic E-state index is 0.256. The number of thiophene rings is 1. The maximum absolute atomic E-state index is 13.4. The van der Waals surface area contributed by atoms with E-state index in [1.165, 1.54) is 21.8 Å². The summed E-state index contributed by atoms with van der Waals surface area (Å²) in [7, 11) is 1.57. The van der Waals surface area contributed by atoms with Crippen LogP contribution in [-0.4, -0.2) is 18.9 Å². The van der Waals surface area contributed by atoms with Gasteiger partial charge in [0.15, 0.2) is 0 Å². The van der Waals surface area contributed by atoms with Gasteiger partial charge in [0.1, 0.15) is 11.4 Å². The fourth-order valence-corrected chi connectivity index (χ4v) is 4.37. The number of hydrogen-bond donors (Lipinski definition) is 1. The molecule has 4 rings (SSSR count). The number of carbonyl (C=O) groups excluding carboxylic acids is 2. The maximum atomic E-state index is 13.4. The van der Waals surface area contributed by atoms with Crippen molar-refractivity contribution in [2.24, 2.45) is 0 Å². The summed E-state index contributed by atoms with van der Waals surface area (Å²) in [5.74, 6) is -0.105. The van der Waals surface area contributed by atoms with Crippen LogP contribution in [0.3, 0.4) is 0 Å². The smallest absolute Gasteiger partial charge is 0.282 e. The van der Waals surface area contributed by atoms with Crippen LogP contribution in [0.1, 0.15) is 30.2 Å². The number of carbonyl (C=O) groups is 2. The first-order valence-corrected chi connectivity index (χ1v) is 11.2. The van der Waals surface area contributed by atoms with Crippen molar-refractivity contribution in [1.82, 2.24) is 0 Å². The van der Waals surface area contributed by atoms with E-state index in [0.717, 1.165) is 24.1 Å². The summed E-state index contributed by atoms with van der Waals surface area (Å²) in [5.41, 5.74) is 3.03. The highest BCUT2D eigenvalue weighted by Crippen LogP contribution is 2.37. The van der Waals surface area contributed by atoms with E-state index in [0.29, 0.717) is 22.7 Å². The zero-order valence-corrected chi connectivity index (χ0v) is 18.4. The molecule has 1 aliphatic heterocycles. The van der Waals surface area contributed by atoms with Gasteiger partial charge in [-0.15, -0.1) is 11.3 Å². The molecule has 1 N–H and O–H groups in total. The molecule has 0 saturated carbocycles. The van der Waals surface area contributed by atoms with Crippen LogP contribution in [0.5, 0.6) is 5.75 Å². The fourth-order valence-electron chi connectivity index (χ4n) is 3.60. The van der Waals surface area contributed by atoms with Crippen LogP contribution < -0.4 is 15.0 Å². The third-order valence-electron chi connectivity index (χ3n) is 5.23. The van der Waals surface area contributed by atoms with E-state index in [2.05, 4.69) is 12.2 Å². The predicted molar refractivity (Wildman–Crippen MR) is 125 cm³/mol. The van der Waals surface area contributed by atoms with Crippen molar-refractivity contribution in [2.75, 3.05) is 17.3 Å². The standard InChI is InChI=1S/C25H24N2O3S/c1-3-4-8-17-12-14-18(15-13-17)27-24(28)22(21-11-7-16-31-21)23(25(27)29)26-19-9-5-6-10-20(19)30-2/h5-7,9-16,26H,3-4,8H2,1-2H3. The number of anilines is 2. The van der Waals surface area contributed by atoms with Crippen molar-refractivity contribution in [2.45, 2.75) is 26.2 Å². The summed E-state index contributed by atoms with van der Waals surface area (Å²) in [6.07, 6.45) is 3.22. The SMILES string of the molecule is CCCCc1ccc(N2C(=O)C(Nc3ccccc3OC)=C(c3cccs3)C2=O)cc1. The molecule has 5 nitrogen and oxygen atoms in total. The molecule has 2 heterocycles. The van der Waals surface area contributed by atoms with Crippen LogP contribution in [0.15, 0.2) is 71.7 Å². The van der Waals surface area contributed by atoms with Crippen LogP contribution >= 0.6 is 11.3 Å². The van der Waals surface area contributed by atoms with Crippen LogP contribution in [-0.2, 0) is 16.0 Å². The van der Waals surface area contributed by atoms with Gasteiger partial charge in [-0.25, -0.2) is 4.90 Å². The molecule has 0 spiro atoms. The number of unbranched alkanes of at least 4 members (excludes halogenated alkanes) is 1. The molecule has 0 fully saturated rings. The summed E-state index contributed by atoms with van der Waals surface area (Å²) >= 11 is 1.43. The lowest BCUT2D eigenvalue weighted by molar-refractivity contribution is -0.120. The number of amides is 2. The number of aryl methyl sites for hydroxylation is 1. The second kappa shape index (κ2) is 9.18. The van der Waals surface area contributed by atoms with Gasteiger partial charge >= 0.3 is 0 Å². The molecule has 31 heavy (non-hydrogen) atoms. The summed E-state index contributed by atoms with van der Waals surface area (Å²) in [5, 5.41) is 5.06. The molecule has 6 heteroatoms. The third-order valence-corrected chi connectivity index (χ3v) is 6.12. The summed E-state index contributed by atoms with van der Waals surface area (Å²) in [6, 6.07) is 18.7. The van der Waals surface area contributed by atoms with Gasteiger partial charge in [0.25, 0.3) is 11.8 Å². The lowest BCUT2D eigenvalue weighted by Gasteiger charge is -2.16. The maximum Gasteiger partial charge on any atom is 0.282 e. The Morgan fingerprint density at radius 1 is 0.968 bits per heavy atom. The first-order valence-electron chi connectivity index (χ1n) is 10.3. The first kappa shape index (κ1) is 20.9. The molecule has 0 bridgehead atoms. The second-order valence-electron chi connectivity index (χ2n) is 7.27. The van der Waals surface area contributed by atoms with E-state index >= 15 is 0 Å². The number of ether oxygens (including phenoxy) is 1. The second-order valence-corrected chi connectivity index (χ2v) is 8.22. The van der Waals surface area contributed by atoms with Gasteiger partial charge in [-0.1, -0.05) is 43.7 Å². The largest absolute Gasteiger partial charge is 0.495 e. The van der Waals surface area contributed by atoms with E-state index in [1.54, 1.807) is 7.11 Å². The Morgan fingerprint density at radius 2 is 1.74 bits per heavy atom. The topological polar surface area (TPSA) is 58.6 Å². The molecule has 2 aromatic carbocycles. The van der Waals surface area contributed by atoms with Crippen molar-refractivity contribution < 1.29 is 14.3 Å². The Balaban J connectivity index is 1.71. The molecular weight excluding hydrogens is 408 g/mol. The average Bonchev–Trinajstić information content (AvgIpc) is 3.40. The fraction of sp³-hybridized carbons (Fsp3) is 0.200. The predicted octanol–water partition coefficient (Wildman–Crippen LogP) is 5.50. The summed E-state index contributed by atoms with van der Waals surface area (Å²) in [4.78, 5) is 28.8. The Bertz CT molecular complexity index is 1120. The highest BCUT2D eigenvalue weighted by atomic mass is 32.1. The van der Waals surface area contributed by atoms with Crippen molar-refractivity contribution in [1.29, 1.82) is 0 Å². The monoisotopic (exact) mass is 432 g/mol. The lowest BCUT2D eigenvalue weighted by atomic mass is 10.1. The number of nitrogens with zero attached hydrogens (tertiary/aromatic N) is 1. The molecule has 0 unspecified atom stereocenters. The van der Waals surface area contributed by atoms with Gasteiger partial charge in [0.05, 0.1) is 24.1 Å². The molecule has 0 radical (unpaired) electrons. The molecule has 0 atom stereocenters. The number of rotatable bonds is 8. The van der Waals surface area contributed by atoms with Crippen molar-refractivity contribution >= 4 is 40.1 Å². The van der Waals surface area contributed by atoms with Crippen molar-refractivity contribution in [3.8, 4) is 5.75 Å². The third kappa shape index (κ3) is 4.11. The van der Waals surface area contributed by atoms with Crippen molar-refractivity contribution in [3.05, 3.63) is 82.2 Å². The molecule has 1 aromatic heterocycles. The van der Waals surface area contributed by atoms with E-state index in [4.69, 9.17) is 4.74 Å². The van der Waals surface area contributed by atoms with Gasteiger partial charge in [0.2, 0.25) is 0 Å². The van der Waals surface area contributed by atoms with E-state index in [-0.39, 0.29) is 17.5 Å². The van der Waals surface area contributed by atoms with Crippen LogP contribution in [0.25, 0.3) is 5.57 Å². The molecule has 0 aliphatic carbocycles. The Hall–Kier alpha value is -3.38. The van der Waals surface area contributed by atoms with E-state index in [1.807, 2.05) is 66.0 Å². The molecule has 3 aromatic rings. The highest BCUT2D eigenvalue weighted by Gasteiger charge is 2.40. The van der Waals surface area contributed by atoms with Gasteiger partial charge in [-0.2, -0.15) is 0 Å². The Morgan fingerprint density at radius 3 is 2.42 bits per heavy atom. The number of hydrogen-bond acceptors (Lipinski definition) is 5. The number of benzene rings is 2. The zero-order chi connectivity index (χ0) is 21.8. The number of imide groups is 1. The van der Waals surface area contributed by atoms with Gasteiger partial charge < -0.3 is 10.1 Å². The molecular formula is C25H24N2O3S. The lowest BCUT2D eigenvalue weighted by Crippen LogP contribution is -2.32. The number of nitrogens with one attached hydrogen (secondary N) is 1. The minimum Gasteiger partial charge on any atom is -0.495 e. The normalized spacial score (nSPS) is 13.8. The van der Waals surface area contributed by atoms with Gasteiger partial charge in [0, 0.05) is 4.88 Å². The van der Waals surface area contributed by atoms with E-state index in [9.17, 15) is 9.59 Å². The highest BCUT2D eigenvalue weighted by molar-refractivity contribution is 7.11. The zero-order valence-electron chi connectivity index (χ0n) is 17.6. The quantitative estimate of drug-likeness (QED) is 0.478. The first-order chi connectivity index (χ1) is 15.1. The molecule has 0 saturated heterocycles. The Labute approximate surface area is 186 Å². The molecule has 2 amide bonds. The number of para-hydroxylation sites is 2. The van der Waals surface area contributed by atoms with Gasteiger partial charge in [-0.05, 0) is 54.1 Å². The molecule has 158 valence electrons. The van der Waals surface area contributed by atoms with E-state index < -0.39 is 0 Å². The van der Waals surface area contributed by atoms with Gasteiger partial charge in [-0.3, -0.25) is 9.59 Å². The van der Waals surface area contributed by atoms with Crippen LogP contribution in [0, 0.1) is 0 Å². The number of methoxy groups -OCH3 is 1. The Kier molecular flexibility index (Phi) is 6.18. The summed E-state index contributed by atoms with van der Waals surface area (Å²) < 4.78 is 5.41. The minimum atomic E-state index is -0.374. The van der Waals surface area contributed by atoms with Crippen LogP contribution in [0.2, 0.25) is 0 Å². The summed E-state index contributed by atoms with van der Waals surface area (Å²) in [6.45, 7) is 2.16. The van der Waals surface area contributed by atoms with Crippen molar-refractivity contribution in [3.63, 3.8) is 0 Å². The van der Waals surface area contributed by atoms with Crippen LogP contribution in [0.4, 0.5) is 11.4 Å².